The number of hydrogen-bond acceptors (Lipinski definition) is 4. The summed E-state index contributed by atoms with van der Waals surface area (Å²) >= 11 is 0. The topological polar surface area (TPSA) is 92.7 Å². The van der Waals surface area contributed by atoms with Crippen LogP contribution in [0.15, 0.2) is 0 Å². The van der Waals surface area contributed by atoms with Crippen molar-refractivity contribution in [1.82, 2.24) is 5.32 Å². The smallest absolute Gasteiger partial charge is 0.329 e. The molecule has 0 heterocycles. The van der Waals surface area contributed by atoms with E-state index in [2.05, 4.69) is 5.32 Å². The van der Waals surface area contributed by atoms with Gasteiger partial charge in [0.2, 0.25) is 5.91 Å². The average molecular weight is 327 g/mol. The number of carbonyl (C=O) groups excluding carboxylic acids is 2. The van der Waals surface area contributed by atoms with Gasteiger partial charge in [0.15, 0.2) is 0 Å². The zero-order chi connectivity index (χ0) is 17.8. The van der Waals surface area contributed by atoms with Gasteiger partial charge in [-0.25, -0.2) is 4.79 Å². The van der Waals surface area contributed by atoms with Crippen molar-refractivity contribution in [3.8, 4) is 0 Å². The third-order valence-corrected chi connectivity index (χ3v) is 4.02. The zero-order valence-electron chi connectivity index (χ0n) is 14.7. The Morgan fingerprint density at radius 3 is 2.17 bits per heavy atom. The Kier molecular flexibility index (Phi) is 6.59. The zero-order valence-corrected chi connectivity index (χ0v) is 14.7. The highest BCUT2D eigenvalue weighted by Crippen LogP contribution is 2.29. The molecule has 0 spiro atoms. The van der Waals surface area contributed by atoms with Crippen LogP contribution in [-0.4, -0.2) is 34.6 Å². The molecule has 1 saturated carbocycles. The first-order valence-corrected chi connectivity index (χ1v) is 8.27. The van der Waals surface area contributed by atoms with E-state index in [1.807, 2.05) is 13.8 Å². The van der Waals surface area contributed by atoms with Crippen molar-refractivity contribution in [3.63, 3.8) is 0 Å². The third kappa shape index (κ3) is 6.20. The Bertz CT molecular complexity index is 452. The summed E-state index contributed by atoms with van der Waals surface area (Å²) < 4.78 is 5.36. The van der Waals surface area contributed by atoms with E-state index in [0.29, 0.717) is 25.7 Å². The highest BCUT2D eigenvalue weighted by Gasteiger charge is 2.35. The summed E-state index contributed by atoms with van der Waals surface area (Å²) in [5, 5.41) is 11.9. The summed E-state index contributed by atoms with van der Waals surface area (Å²) in [5.74, 6) is -2.48. The number of ether oxygens (including phenoxy) is 1. The summed E-state index contributed by atoms with van der Waals surface area (Å²) in [6.45, 7) is 9.03. The monoisotopic (exact) mass is 327 g/mol. The van der Waals surface area contributed by atoms with Crippen LogP contribution >= 0.6 is 0 Å². The molecule has 1 aliphatic rings. The lowest BCUT2D eigenvalue weighted by Crippen LogP contribution is -2.49. The highest BCUT2D eigenvalue weighted by atomic mass is 16.6. The molecule has 1 rings (SSSR count). The van der Waals surface area contributed by atoms with E-state index in [9.17, 15) is 14.4 Å². The van der Waals surface area contributed by atoms with Gasteiger partial charge in [0.05, 0.1) is 5.92 Å². The van der Waals surface area contributed by atoms with Crippen LogP contribution < -0.4 is 5.32 Å². The number of amides is 1. The van der Waals surface area contributed by atoms with Crippen molar-refractivity contribution in [2.24, 2.45) is 17.8 Å². The lowest BCUT2D eigenvalue weighted by atomic mass is 9.81. The largest absolute Gasteiger partial charge is 0.481 e. The number of carbonyl (C=O) groups is 3. The number of rotatable bonds is 5. The van der Waals surface area contributed by atoms with Crippen LogP contribution in [0.5, 0.6) is 0 Å². The van der Waals surface area contributed by atoms with Gasteiger partial charge in [0.1, 0.15) is 11.6 Å². The molecule has 0 aliphatic heterocycles. The Balaban J connectivity index is 2.70. The first-order valence-electron chi connectivity index (χ1n) is 8.27. The average Bonchev–Trinajstić information content (AvgIpc) is 2.42. The van der Waals surface area contributed by atoms with E-state index < -0.39 is 29.5 Å². The molecule has 0 aromatic rings. The number of aliphatic carboxylic acids is 1. The molecular formula is C17H29NO5. The summed E-state index contributed by atoms with van der Waals surface area (Å²) in [5.41, 5.74) is -0.617. The highest BCUT2D eigenvalue weighted by molar-refractivity contribution is 5.86. The van der Waals surface area contributed by atoms with E-state index in [-0.39, 0.29) is 17.7 Å². The van der Waals surface area contributed by atoms with Crippen molar-refractivity contribution in [2.45, 2.75) is 71.9 Å². The van der Waals surface area contributed by atoms with Crippen LogP contribution in [0.4, 0.5) is 0 Å². The van der Waals surface area contributed by atoms with Gasteiger partial charge in [0.25, 0.3) is 0 Å². The van der Waals surface area contributed by atoms with Gasteiger partial charge in [-0.05, 0) is 46.0 Å². The van der Waals surface area contributed by atoms with Crippen molar-refractivity contribution < 1.29 is 24.2 Å². The van der Waals surface area contributed by atoms with Crippen molar-refractivity contribution in [1.29, 1.82) is 0 Å². The molecule has 0 aromatic carbocycles. The molecule has 0 saturated heterocycles. The van der Waals surface area contributed by atoms with Gasteiger partial charge in [-0.1, -0.05) is 20.3 Å². The van der Waals surface area contributed by atoms with Crippen molar-refractivity contribution in [3.05, 3.63) is 0 Å². The number of carboxylic acids is 1. The van der Waals surface area contributed by atoms with E-state index in [1.165, 1.54) is 0 Å². The van der Waals surface area contributed by atoms with E-state index in [1.54, 1.807) is 20.8 Å². The van der Waals surface area contributed by atoms with Crippen LogP contribution in [0.25, 0.3) is 0 Å². The Labute approximate surface area is 138 Å². The second kappa shape index (κ2) is 7.79. The maximum Gasteiger partial charge on any atom is 0.329 e. The fourth-order valence-corrected chi connectivity index (χ4v) is 2.79. The predicted octanol–water partition coefficient (Wildman–Crippen LogP) is 2.36. The minimum Gasteiger partial charge on any atom is -0.481 e. The minimum absolute atomic E-state index is 0.104. The van der Waals surface area contributed by atoms with Crippen LogP contribution in [0.2, 0.25) is 0 Å². The number of nitrogens with one attached hydrogen (secondary N) is 1. The van der Waals surface area contributed by atoms with Gasteiger partial charge in [-0.15, -0.1) is 0 Å². The predicted molar refractivity (Wildman–Crippen MR) is 85.7 cm³/mol. The molecule has 132 valence electrons. The van der Waals surface area contributed by atoms with Crippen LogP contribution in [0.3, 0.4) is 0 Å². The van der Waals surface area contributed by atoms with Crippen LogP contribution in [0.1, 0.15) is 60.3 Å². The Morgan fingerprint density at radius 2 is 1.70 bits per heavy atom. The summed E-state index contributed by atoms with van der Waals surface area (Å²) in [4.78, 5) is 35.8. The molecule has 3 unspecified atom stereocenters. The number of hydrogen-bond donors (Lipinski definition) is 2. The lowest BCUT2D eigenvalue weighted by molar-refractivity contribution is -0.160. The standard InChI is InChI=1S/C17H29NO5/c1-10(2)13(16(22)23-17(3,4)5)18-14(19)11-7-6-8-12(9-11)15(20)21/h10-13H,6-9H2,1-5H3,(H,18,19)(H,20,21). The fraction of sp³-hybridized carbons (Fsp3) is 0.824. The molecule has 6 nitrogen and oxygen atoms in total. The normalized spacial score (nSPS) is 23.2. The molecule has 0 bridgehead atoms. The summed E-state index contributed by atoms with van der Waals surface area (Å²) in [7, 11) is 0. The first-order chi connectivity index (χ1) is 10.5. The van der Waals surface area contributed by atoms with Crippen LogP contribution in [-0.2, 0) is 19.1 Å². The Morgan fingerprint density at radius 1 is 1.13 bits per heavy atom. The molecule has 23 heavy (non-hydrogen) atoms. The molecule has 1 amide bonds. The second-order valence-electron chi connectivity index (χ2n) is 7.66. The minimum atomic E-state index is -0.852. The Hall–Kier alpha value is -1.59. The molecule has 1 aliphatic carbocycles. The maximum absolute atomic E-state index is 12.4. The molecule has 2 N–H and O–H groups in total. The first kappa shape index (κ1) is 19.5. The van der Waals surface area contributed by atoms with Gasteiger partial charge < -0.3 is 15.2 Å². The molecule has 0 aromatic heterocycles. The number of carboxylic acid groups (broad SMARTS) is 1. The molecule has 0 radical (unpaired) electrons. The van der Waals surface area contributed by atoms with Crippen molar-refractivity contribution >= 4 is 17.8 Å². The summed E-state index contributed by atoms with van der Waals surface area (Å²) in [6.07, 6.45) is 2.32. The van der Waals surface area contributed by atoms with E-state index >= 15 is 0 Å². The van der Waals surface area contributed by atoms with E-state index in [4.69, 9.17) is 9.84 Å². The quantitative estimate of drug-likeness (QED) is 0.756. The van der Waals surface area contributed by atoms with E-state index in [0.717, 1.165) is 0 Å². The SMILES string of the molecule is CC(C)C(NC(=O)C1CCCC(C(=O)O)C1)C(=O)OC(C)(C)C. The molecule has 1 fully saturated rings. The summed E-state index contributed by atoms with van der Waals surface area (Å²) in [6, 6.07) is -0.716. The molecular weight excluding hydrogens is 298 g/mol. The fourth-order valence-electron chi connectivity index (χ4n) is 2.79. The maximum atomic E-state index is 12.4. The van der Waals surface area contributed by atoms with Gasteiger partial charge in [-0.2, -0.15) is 0 Å². The molecule has 3 atom stereocenters. The van der Waals surface area contributed by atoms with Gasteiger partial charge in [-0.3, -0.25) is 9.59 Å². The van der Waals surface area contributed by atoms with Crippen LogP contribution in [0, 0.1) is 17.8 Å². The lowest BCUT2D eigenvalue weighted by Gasteiger charge is -2.30. The number of esters is 1. The van der Waals surface area contributed by atoms with Crippen molar-refractivity contribution in [2.75, 3.05) is 0 Å². The van der Waals surface area contributed by atoms with Gasteiger partial charge >= 0.3 is 11.9 Å². The second-order valence-corrected chi connectivity index (χ2v) is 7.66. The third-order valence-electron chi connectivity index (χ3n) is 4.02. The molecule has 6 heteroatoms. The van der Waals surface area contributed by atoms with Gasteiger partial charge in [0, 0.05) is 5.92 Å².